The molecule has 110 valence electrons. The van der Waals surface area contributed by atoms with Gasteiger partial charge in [-0.2, -0.15) is 0 Å². The number of hydrogen-bond acceptors (Lipinski definition) is 3. The number of aromatic carboxylic acids is 1. The molecule has 1 aliphatic carbocycles. The van der Waals surface area contributed by atoms with Gasteiger partial charge >= 0.3 is 5.97 Å². The van der Waals surface area contributed by atoms with E-state index >= 15 is 0 Å². The Morgan fingerprint density at radius 1 is 1.48 bits per heavy atom. The van der Waals surface area contributed by atoms with Gasteiger partial charge in [0.1, 0.15) is 5.82 Å². The van der Waals surface area contributed by atoms with Crippen LogP contribution in [0.2, 0.25) is 0 Å². The Morgan fingerprint density at radius 3 is 2.90 bits per heavy atom. The van der Waals surface area contributed by atoms with Crippen molar-refractivity contribution in [3.63, 3.8) is 0 Å². The zero-order valence-electron chi connectivity index (χ0n) is 12.0. The van der Waals surface area contributed by atoms with Gasteiger partial charge in [0.25, 0.3) is 0 Å². The quantitative estimate of drug-likeness (QED) is 0.942. The molecule has 2 fully saturated rings. The Labute approximate surface area is 122 Å². The lowest BCUT2D eigenvalue weighted by molar-refractivity contribution is 0.0697. The molecule has 2 aliphatic rings. The minimum absolute atomic E-state index is 0.121. The molecule has 1 N–H and O–H groups in total. The number of fused-ring (bicyclic) bond motifs is 1. The van der Waals surface area contributed by atoms with Crippen LogP contribution in [0.3, 0.4) is 0 Å². The molecule has 5 nitrogen and oxygen atoms in total. The van der Waals surface area contributed by atoms with Crippen LogP contribution in [0.1, 0.15) is 48.3 Å². The molecule has 0 radical (unpaired) electrons. The van der Waals surface area contributed by atoms with E-state index in [1.165, 1.54) is 12.8 Å². The number of imidazole rings is 1. The lowest BCUT2D eigenvalue weighted by atomic mass is 10.00. The zero-order valence-corrected chi connectivity index (χ0v) is 12.0. The third kappa shape index (κ3) is 1.95. The van der Waals surface area contributed by atoms with Crippen molar-refractivity contribution in [3.8, 4) is 0 Å². The molecule has 0 spiro atoms. The molecule has 1 aliphatic heterocycles. The third-order valence-corrected chi connectivity index (χ3v) is 4.61. The molecule has 2 aromatic rings. The fourth-order valence-electron chi connectivity index (χ4n) is 3.24. The van der Waals surface area contributed by atoms with Gasteiger partial charge in [-0.25, -0.2) is 9.78 Å². The number of carboxylic acid groups (broad SMARTS) is 1. The summed E-state index contributed by atoms with van der Waals surface area (Å²) in [5.74, 6) is 0.717. The first-order chi connectivity index (χ1) is 10.1. The molecule has 1 aromatic carbocycles. The molecule has 4 rings (SSSR count). The standard InChI is InChI=1S/C16H18N2O3/c1-16(6-7-21-9-16)18-13-8-11(15(19)20)4-5-12(13)17-14(18)10-2-3-10/h4-5,8,10H,2-3,6-7,9H2,1H3,(H,19,20). The smallest absolute Gasteiger partial charge is 0.335 e. The van der Waals surface area contributed by atoms with E-state index in [1.54, 1.807) is 12.1 Å². The maximum absolute atomic E-state index is 11.3. The van der Waals surface area contributed by atoms with Gasteiger partial charge in [0.2, 0.25) is 0 Å². The minimum Gasteiger partial charge on any atom is -0.478 e. The molecule has 1 atom stereocenters. The number of benzene rings is 1. The number of nitrogens with zero attached hydrogens (tertiary/aromatic N) is 2. The first-order valence-corrected chi connectivity index (χ1v) is 7.42. The van der Waals surface area contributed by atoms with Crippen LogP contribution in [-0.2, 0) is 10.3 Å². The molecule has 2 heterocycles. The van der Waals surface area contributed by atoms with Crippen LogP contribution >= 0.6 is 0 Å². The summed E-state index contributed by atoms with van der Waals surface area (Å²) in [6.07, 6.45) is 3.29. The lowest BCUT2D eigenvalue weighted by Gasteiger charge is -2.27. The Kier molecular flexibility index (Phi) is 2.63. The predicted octanol–water partition coefficient (Wildman–Crippen LogP) is 2.75. The van der Waals surface area contributed by atoms with E-state index in [9.17, 15) is 9.90 Å². The van der Waals surface area contributed by atoms with E-state index in [-0.39, 0.29) is 5.54 Å². The minimum atomic E-state index is -0.898. The normalized spacial score (nSPS) is 25.6. The van der Waals surface area contributed by atoms with Crippen molar-refractivity contribution in [1.29, 1.82) is 0 Å². The summed E-state index contributed by atoms with van der Waals surface area (Å²) in [4.78, 5) is 16.0. The number of carbonyl (C=O) groups is 1. The van der Waals surface area contributed by atoms with Crippen LogP contribution in [0, 0.1) is 0 Å². The molecular formula is C16H18N2O3. The van der Waals surface area contributed by atoms with Gasteiger partial charge in [-0.15, -0.1) is 0 Å². The van der Waals surface area contributed by atoms with Crippen LogP contribution < -0.4 is 0 Å². The maximum Gasteiger partial charge on any atom is 0.335 e. The summed E-state index contributed by atoms with van der Waals surface area (Å²) in [5.41, 5.74) is 2.00. The summed E-state index contributed by atoms with van der Waals surface area (Å²) in [6.45, 7) is 3.59. The second kappa shape index (κ2) is 4.31. The molecule has 1 saturated carbocycles. The van der Waals surface area contributed by atoms with Gasteiger partial charge in [0.15, 0.2) is 0 Å². The average Bonchev–Trinajstić information content (AvgIpc) is 3.09. The van der Waals surface area contributed by atoms with E-state index in [0.29, 0.717) is 18.1 Å². The Bertz CT molecular complexity index is 724. The number of rotatable bonds is 3. The monoisotopic (exact) mass is 286 g/mol. The topological polar surface area (TPSA) is 64.4 Å². The van der Waals surface area contributed by atoms with Crippen molar-refractivity contribution < 1.29 is 14.6 Å². The van der Waals surface area contributed by atoms with Crippen molar-refractivity contribution >= 4 is 17.0 Å². The van der Waals surface area contributed by atoms with Gasteiger partial charge in [-0.3, -0.25) is 0 Å². The number of carboxylic acids is 1. The lowest BCUT2D eigenvalue weighted by Crippen LogP contribution is -2.31. The van der Waals surface area contributed by atoms with Crippen molar-refractivity contribution in [1.82, 2.24) is 9.55 Å². The molecule has 0 amide bonds. The summed E-state index contributed by atoms with van der Waals surface area (Å²) < 4.78 is 7.85. The van der Waals surface area contributed by atoms with Crippen LogP contribution in [0.15, 0.2) is 18.2 Å². The fraction of sp³-hybridized carbons (Fsp3) is 0.500. The van der Waals surface area contributed by atoms with Crippen LogP contribution in [-0.4, -0.2) is 33.8 Å². The third-order valence-electron chi connectivity index (χ3n) is 4.61. The highest BCUT2D eigenvalue weighted by Gasteiger charge is 2.39. The second-order valence-electron chi connectivity index (χ2n) is 6.39. The molecule has 1 saturated heterocycles. The molecule has 5 heteroatoms. The first kappa shape index (κ1) is 12.8. The fourth-order valence-corrected chi connectivity index (χ4v) is 3.24. The first-order valence-electron chi connectivity index (χ1n) is 7.42. The average molecular weight is 286 g/mol. The van der Waals surface area contributed by atoms with Gasteiger partial charge in [-0.1, -0.05) is 0 Å². The van der Waals surface area contributed by atoms with Crippen molar-refractivity contribution in [2.45, 2.75) is 37.6 Å². The van der Waals surface area contributed by atoms with E-state index in [0.717, 1.165) is 29.9 Å². The summed E-state index contributed by atoms with van der Waals surface area (Å²) in [6, 6.07) is 5.20. The van der Waals surface area contributed by atoms with E-state index < -0.39 is 5.97 Å². The van der Waals surface area contributed by atoms with Crippen molar-refractivity contribution in [2.75, 3.05) is 13.2 Å². The zero-order chi connectivity index (χ0) is 14.6. The van der Waals surface area contributed by atoms with Gasteiger partial charge in [0, 0.05) is 12.5 Å². The highest BCUT2D eigenvalue weighted by Crippen LogP contribution is 2.44. The predicted molar refractivity (Wildman–Crippen MR) is 77.8 cm³/mol. The largest absolute Gasteiger partial charge is 0.478 e. The summed E-state index contributed by atoms with van der Waals surface area (Å²) >= 11 is 0. The maximum atomic E-state index is 11.3. The molecule has 1 aromatic heterocycles. The Morgan fingerprint density at radius 2 is 2.29 bits per heavy atom. The Hall–Kier alpha value is -1.88. The highest BCUT2D eigenvalue weighted by atomic mass is 16.5. The van der Waals surface area contributed by atoms with E-state index in [1.807, 2.05) is 6.07 Å². The molecule has 21 heavy (non-hydrogen) atoms. The van der Waals surface area contributed by atoms with Crippen LogP contribution in [0.25, 0.3) is 11.0 Å². The number of ether oxygens (including phenoxy) is 1. The second-order valence-corrected chi connectivity index (χ2v) is 6.39. The SMILES string of the molecule is CC1(n2c(C3CC3)nc3ccc(C(=O)O)cc32)CCOC1. The summed E-state index contributed by atoms with van der Waals surface area (Å²) in [5, 5.41) is 9.24. The molecular weight excluding hydrogens is 268 g/mol. The number of aromatic nitrogens is 2. The van der Waals surface area contributed by atoms with E-state index in [4.69, 9.17) is 9.72 Å². The number of hydrogen-bond donors (Lipinski definition) is 1. The molecule has 1 unspecified atom stereocenters. The molecule has 0 bridgehead atoms. The van der Waals surface area contributed by atoms with Gasteiger partial charge in [0.05, 0.1) is 28.7 Å². The Balaban J connectivity index is 1.97. The van der Waals surface area contributed by atoms with Crippen LogP contribution in [0.4, 0.5) is 0 Å². The highest BCUT2D eigenvalue weighted by molar-refractivity contribution is 5.92. The van der Waals surface area contributed by atoms with Crippen molar-refractivity contribution in [3.05, 3.63) is 29.6 Å². The van der Waals surface area contributed by atoms with Gasteiger partial charge in [-0.05, 0) is 44.4 Å². The van der Waals surface area contributed by atoms with Crippen LogP contribution in [0.5, 0.6) is 0 Å². The van der Waals surface area contributed by atoms with Gasteiger partial charge < -0.3 is 14.4 Å². The van der Waals surface area contributed by atoms with E-state index in [2.05, 4.69) is 11.5 Å². The summed E-state index contributed by atoms with van der Waals surface area (Å²) in [7, 11) is 0. The van der Waals surface area contributed by atoms with Crippen molar-refractivity contribution in [2.24, 2.45) is 0 Å².